The van der Waals surface area contributed by atoms with Crippen molar-refractivity contribution in [1.82, 2.24) is 20.2 Å². The number of imidazole rings is 1. The Morgan fingerprint density at radius 3 is 2.45 bits per heavy atom. The predicted molar refractivity (Wildman–Crippen MR) is 160 cm³/mol. The maximum Gasteiger partial charge on any atom is 0.255 e. The van der Waals surface area contributed by atoms with Gasteiger partial charge in [-0.3, -0.25) is 9.59 Å². The third-order valence-electron chi connectivity index (χ3n) is 6.95. The van der Waals surface area contributed by atoms with E-state index in [1.54, 1.807) is 37.5 Å². The highest BCUT2D eigenvalue weighted by atomic mass is 19.1. The molecule has 0 aliphatic carbocycles. The smallest absolute Gasteiger partial charge is 0.255 e. The fourth-order valence-corrected chi connectivity index (χ4v) is 4.71. The Hall–Kier alpha value is -4.92. The number of aryl methyl sites for hydroxylation is 1. The number of nitrogens with one attached hydrogen (secondary N) is 2. The van der Waals surface area contributed by atoms with Crippen LogP contribution in [0.1, 0.15) is 40.4 Å². The Kier molecular flexibility index (Phi) is 8.38. The second-order valence-electron chi connectivity index (χ2n) is 10.5. The van der Waals surface area contributed by atoms with Crippen LogP contribution in [0.5, 0.6) is 5.75 Å². The lowest BCUT2D eigenvalue weighted by Gasteiger charge is -2.13. The minimum atomic E-state index is -0.380. The van der Waals surface area contributed by atoms with Gasteiger partial charge in [0.05, 0.1) is 12.1 Å². The van der Waals surface area contributed by atoms with Crippen molar-refractivity contribution in [2.45, 2.75) is 27.3 Å². The Bertz CT molecular complexity index is 1740. The van der Waals surface area contributed by atoms with Crippen molar-refractivity contribution in [3.8, 4) is 28.2 Å². The fourth-order valence-electron chi connectivity index (χ4n) is 4.71. The molecule has 42 heavy (non-hydrogen) atoms. The summed E-state index contributed by atoms with van der Waals surface area (Å²) in [7, 11) is 1.55. The van der Waals surface area contributed by atoms with Crippen molar-refractivity contribution < 1.29 is 23.1 Å². The van der Waals surface area contributed by atoms with Crippen LogP contribution in [-0.2, 0) is 6.54 Å². The molecule has 0 aliphatic heterocycles. The number of fused-ring (bicyclic) bond motifs is 1. The molecule has 2 N–H and O–H groups in total. The summed E-state index contributed by atoms with van der Waals surface area (Å²) < 4.78 is 27.8. The predicted octanol–water partition coefficient (Wildman–Crippen LogP) is 6.24. The van der Waals surface area contributed by atoms with Gasteiger partial charge in [0.2, 0.25) is 0 Å². The van der Waals surface area contributed by atoms with Crippen LogP contribution in [0.15, 0.2) is 77.5 Å². The van der Waals surface area contributed by atoms with Crippen LogP contribution in [0.2, 0.25) is 0 Å². The molecule has 0 fully saturated rings. The standard InChI is InChI=1S/C33H33FN4O4/c1-20(2)19-37-32(39)25-15-24(16-27(17-25)41-14-13-38-12-11-36-21(38)3)23-7-10-29-28(18-23)30(33(40)35-4)31(42-29)22-5-8-26(34)9-6-22/h5-12,15-18,20H,13-14,19H2,1-4H3,(H,35,40)(H,37,39). The van der Waals surface area contributed by atoms with E-state index >= 15 is 0 Å². The third kappa shape index (κ3) is 6.20. The molecular formula is C33H33FN4O4. The molecule has 2 amide bonds. The number of benzene rings is 3. The number of halogens is 1. The summed E-state index contributed by atoms with van der Waals surface area (Å²) in [4.78, 5) is 30.4. The first-order chi connectivity index (χ1) is 20.2. The molecule has 0 saturated carbocycles. The number of carbonyl (C=O) groups is 2. The van der Waals surface area contributed by atoms with Gasteiger partial charge in [-0.1, -0.05) is 19.9 Å². The zero-order chi connectivity index (χ0) is 29.8. The molecule has 0 bridgehead atoms. The largest absolute Gasteiger partial charge is 0.492 e. The van der Waals surface area contributed by atoms with Crippen LogP contribution in [0.4, 0.5) is 4.39 Å². The van der Waals surface area contributed by atoms with Gasteiger partial charge in [0.25, 0.3) is 11.8 Å². The van der Waals surface area contributed by atoms with Crippen LogP contribution in [0.25, 0.3) is 33.4 Å². The third-order valence-corrected chi connectivity index (χ3v) is 6.95. The topological polar surface area (TPSA) is 98.4 Å². The van der Waals surface area contributed by atoms with Crippen LogP contribution in [-0.4, -0.2) is 41.6 Å². The molecule has 0 radical (unpaired) electrons. The van der Waals surface area contributed by atoms with Crippen molar-refractivity contribution in [1.29, 1.82) is 0 Å². The monoisotopic (exact) mass is 568 g/mol. The molecule has 0 atom stereocenters. The molecule has 2 heterocycles. The van der Waals surface area contributed by atoms with Gasteiger partial charge in [-0.15, -0.1) is 0 Å². The van der Waals surface area contributed by atoms with Crippen LogP contribution >= 0.6 is 0 Å². The van der Waals surface area contributed by atoms with E-state index in [-0.39, 0.29) is 17.6 Å². The van der Waals surface area contributed by atoms with E-state index in [0.717, 1.165) is 17.0 Å². The molecule has 9 heteroatoms. The van der Waals surface area contributed by atoms with E-state index < -0.39 is 0 Å². The average Bonchev–Trinajstić information content (AvgIpc) is 3.58. The van der Waals surface area contributed by atoms with Gasteiger partial charge in [-0.2, -0.15) is 0 Å². The number of amides is 2. The number of hydrogen-bond acceptors (Lipinski definition) is 5. The van der Waals surface area contributed by atoms with Crippen molar-refractivity contribution in [3.05, 3.63) is 95.8 Å². The normalized spacial score (nSPS) is 11.2. The van der Waals surface area contributed by atoms with Gasteiger partial charge in [0, 0.05) is 42.5 Å². The van der Waals surface area contributed by atoms with Gasteiger partial charge in [-0.25, -0.2) is 9.37 Å². The Balaban J connectivity index is 1.55. The first-order valence-corrected chi connectivity index (χ1v) is 13.8. The minimum Gasteiger partial charge on any atom is -0.492 e. The number of ether oxygens (including phenoxy) is 1. The van der Waals surface area contributed by atoms with E-state index in [1.807, 2.05) is 55.8 Å². The van der Waals surface area contributed by atoms with Crippen molar-refractivity contribution in [3.63, 3.8) is 0 Å². The van der Waals surface area contributed by atoms with Gasteiger partial charge in [-0.05, 0) is 78.6 Å². The molecule has 216 valence electrons. The highest BCUT2D eigenvalue weighted by molar-refractivity contribution is 6.12. The maximum atomic E-state index is 13.6. The molecule has 5 aromatic rings. The van der Waals surface area contributed by atoms with E-state index in [2.05, 4.69) is 15.6 Å². The highest BCUT2D eigenvalue weighted by Gasteiger charge is 2.22. The number of furan rings is 1. The first kappa shape index (κ1) is 28.6. The maximum absolute atomic E-state index is 13.6. The summed E-state index contributed by atoms with van der Waals surface area (Å²) in [5.74, 6) is 1.18. The lowest BCUT2D eigenvalue weighted by atomic mass is 9.98. The summed E-state index contributed by atoms with van der Waals surface area (Å²) in [6.45, 7) is 7.53. The van der Waals surface area contributed by atoms with Gasteiger partial charge >= 0.3 is 0 Å². The number of carbonyl (C=O) groups excluding carboxylic acids is 2. The summed E-state index contributed by atoms with van der Waals surface area (Å²) in [5, 5.41) is 6.25. The van der Waals surface area contributed by atoms with E-state index in [1.165, 1.54) is 12.1 Å². The van der Waals surface area contributed by atoms with E-state index in [9.17, 15) is 14.0 Å². The first-order valence-electron chi connectivity index (χ1n) is 13.8. The molecule has 0 unspecified atom stereocenters. The number of rotatable bonds is 10. The number of hydrogen-bond donors (Lipinski definition) is 2. The van der Waals surface area contributed by atoms with Crippen LogP contribution in [0.3, 0.4) is 0 Å². The van der Waals surface area contributed by atoms with Crippen LogP contribution < -0.4 is 15.4 Å². The van der Waals surface area contributed by atoms with Crippen molar-refractivity contribution in [2.24, 2.45) is 5.92 Å². The molecule has 0 saturated heterocycles. The van der Waals surface area contributed by atoms with Gasteiger partial charge in [0.15, 0.2) is 0 Å². The highest BCUT2D eigenvalue weighted by Crippen LogP contribution is 2.37. The lowest BCUT2D eigenvalue weighted by Crippen LogP contribution is -2.27. The van der Waals surface area contributed by atoms with Gasteiger partial charge in [0.1, 0.15) is 35.3 Å². The zero-order valence-electron chi connectivity index (χ0n) is 24.0. The lowest BCUT2D eigenvalue weighted by molar-refractivity contribution is 0.0945. The SMILES string of the molecule is CNC(=O)c1c(-c2ccc(F)cc2)oc2ccc(-c3cc(OCCn4ccnc4C)cc(C(=O)NCC(C)C)c3)cc12. The summed E-state index contributed by atoms with van der Waals surface area (Å²) in [6, 6.07) is 16.8. The molecule has 5 rings (SSSR count). The number of aromatic nitrogens is 2. The van der Waals surface area contributed by atoms with Crippen molar-refractivity contribution >= 4 is 22.8 Å². The summed E-state index contributed by atoms with van der Waals surface area (Å²) >= 11 is 0. The Labute approximate surface area is 243 Å². The molecular weight excluding hydrogens is 535 g/mol. The van der Waals surface area contributed by atoms with E-state index in [0.29, 0.717) is 64.8 Å². The number of nitrogens with zero attached hydrogens (tertiary/aromatic N) is 2. The Morgan fingerprint density at radius 1 is 1.00 bits per heavy atom. The fraction of sp³-hybridized carbons (Fsp3) is 0.242. The van der Waals surface area contributed by atoms with E-state index in [4.69, 9.17) is 9.15 Å². The van der Waals surface area contributed by atoms with Crippen LogP contribution in [0, 0.1) is 18.7 Å². The summed E-state index contributed by atoms with van der Waals surface area (Å²) in [6.07, 6.45) is 3.64. The molecule has 0 aliphatic rings. The quantitative estimate of drug-likeness (QED) is 0.208. The second-order valence-corrected chi connectivity index (χ2v) is 10.5. The zero-order valence-corrected chi connectivity index (χ0v) is 24.0. The molecule has 3 aromatic carbocycles. The van der Waals surface area contributed by atoms with Crippen molar-refractivity contribution in [2.75, 3.05) is 20.2 Å². The second kappa shape index (κ2) is 12.3. The Morgan fingerprint density at radius 2 is 1.76 bits per heavy atom. The molecule has 0 spiro atoms. The molecule has 8 nitrogen and oxygen atoms in total. The average molecular weight is 569 g/mol. The summed E-state index contributed by atoms with van der Waals surface area (Å²) in [5.41, 5.74) is 3.42. The van der Waals surface area contributed by atoms with Gasteiger partial charge < -0.3 is 24.4 Å². The minimum absolute atomic E-state index is 0.199. The molecule has 2 aromatic heterocycles.